The van der Waals surface area contributed by atoms with Crippen molar-refractivity contribution >= 4 is 17.7 Å². The van der Waals surface area contributed by atoms with E-state index in [9.17, 15) is 14.4 Å². The van der Waals surface area contributed by atoms with Crippen LogP contribution >= 0.6 is 0 Å². The topological polar surface area (TPSA) is 114 Å². The van der Waals surface area contributed by atoms with Crippen LogP contribution in [0.4, 0.5) is 0 Å². The van der Waals surface area contributed by atoms with Gasteiger partial charge >= 0.3 is 0 Å². The first kappa shape index (κ1) is 28.2. The molecule has 0 aliphatic carbocycles. The van der Waals surface area contributed by atoms with Gasteiger partial charge in [0.2, 0.25) is 17.7 Å². The summed E-state index contributed by atoms with van der Waals surface area (Å²) in [5, 5.41) is 5.94. The van der Waals surface area contributed by atoms with E-state index >= 15 is 0 Å². The highest BCUT2D eigenvalue weighted by molar-refractivity contribution is 5.89. The molecule has 0 aromatic heterocycles. The molecule has 2 aromatic carbocycles. The van der Waals surface area contributed by atoms with Gasteiger partial charge in [-0.3, -0.25) is 14.4 Å². The fraction of sp³-hybridized carbons (Fsp3) is 0.483. The molecule has 4 N–H and O–H groups in total. The van der Waals surface area contributed by atoms with Crippen molar-refractivity contribution < 1.29 is 19.1 Å². The van der Waals surface area contributed by atoms with Crippen molar-refractivity contribution in [1.29, 1.82) is 0 Å². The lowest BCUT2D eigenvalue weighted by atomic mass is 9.94. The van der Waals surface area contributed by atoms with Crippen LogP contribution < -0.4 is 21.1 Å². The zero-order valence-corrected chi connectivity index (χ0v) is 22.1. The highest BCUT2D eigenvalue weighted by atomic mass is 16.5. The van der Waals surface area contributed by atoms with Gasteiger partial charge in [0.1, 0.15) is 11.8 Å². The van der Waals surface area contributed by atoms with E-state index in [-0.39, 0.29) is 23.6 Å². The monoisotopic (exact) mass is 508 g/mol. The first-order valence-corrected chi connectivity index (χ1v) is 13.1. The first-order valence-electron chi connectivity index (χ1n) is 13.1. The lowest BCUT2D eigenvalue weighted by Crippen LogP contribution is -2.52. The third-order valence-corrected chi connectivity index (χ3v) is 6.76. The van der Waals surface area contributed by atoms with Crippen molar-refractivity contribution in [2.45, 2.75) is 58.2 Å². The SMILES string of the molecule is COc1ccc(CNC(=O)C(Cc2ccccc2)NC(=O)C2CCN(C(=O)C(N)CC(C)C)CC2)cc1. The fourth-order valence-corrected chi connectivity index (χ4v) is 4.61. The highest BCUT2D eigenvalue weighted by Gasteiger charge is 2.31. The van der Waals surface area contributed by atoms with Gasteiger partial charge in [-0.25, -0.2) is 0 Å². The number of piperidine rings is 1. The molecule has 1 fully saturated rings. The van der Waals surface area contributed by atoms with Gasteiger partial charge in [0.05, 0.1) is 13.2 Å². The molecule has 1 saturated heterocycles. The molecule has 1 heterocycles. The van der Waals surface area contributed by atoms with E-state index in [0.717, 1.165) is 16.9 Å². The summed E-state index contributed by atoms with van der Waals surface area (Å²) in [6.07, 6.45) is 2.14. The molecule has 0 bridgehead atoms. The molecule has 2 atom stereocenters. The number of ether oxygens (including phenoxy) is 1. The Balaban J connectivity index is 1.58. The smallest absolute Gasteiger partial charge is 0.243 e. The maximum atomic E-state index is 13.2. The molecule has 1 aliphatic rings. The molecule has 3 rings (SSSR count). The molecule has 0 spiro atoms. The van der Waals surface area contributed by atoms with Gasteiger partial charge in [-0.05, 0) is 48.4 Å². The Morgan fingerprint density at radius 1 is 1.00 bits per heavy atom. The molecule has 0 saturated carbocycles. The van der Waals surface area contributed by atoms with Crippen LogP contribution in [0.2, 0.25) is 0 Å². The van der Waals surface area contributed by atoms with Crippen molar-refractivity contribution in [2.75, 3.05) is 20.2 Å². The summed E-state index contributed by atoms with van der Waals surface area (Å²) < 4.78 is 5.18. The number of carbonyl (C=O) groups excluding carboxylic acids is 3. The second kappa shape index (κ2) is 13.8. The molecular formula is C29H40N4O4. The van der Waals surface area contributed by atoms with Crippen molar-refractivity contribution in [1.82, 2.24) is 15.5 Å². The average molecular weight is 509 g/mol. The number of nitrogens with one attached hydrogen (secondary N) is 2. The Morgan fingerprint density at radius 2 is 1.65 bits per heavy atom. The van der Waals surface area contributed by atoms with Crippen molar-refractivity contribution in [3.63, 3.8) is 0 Å². The number of likely N-dealkylation sites (tertiary alicyclic amines) is 1. The number of benzene rings is 2. The van der Waals surface area contributed by atoms with Crippen molar-refractivity contribution in [3.05, 3.63) is 65.7 Å². The Labute approximate surface area is 219 Å². The molecule has 8 nitrogen and oxygen atoms in total. The Bertz CT molecular complexity index is 1020. The normalized spacial score (nSPS) is 15.6. The van der Waals surface area contributed by atoms with E-state index in [1.807, 2.05) is 68.4 Å². The van der Waals surface area contributed by atoms with Gasteiger partial charge in [0, 0.05) is 32.0 Å². The second-order valence-corrected chi connectivity index (χ2v) is 10.2. The van der Waals surface area contributed by atoms with E-state index in [1.165, 1.54) is 0 Å². The predicted octanol–water partition coefficient (Wildman–Crippen LogP) is 2.65. The molecule has 0 radical (unpaired) electrons. The van der Waals surface area contributed by atoms with Crippen LogP contribution in [-0.2, 0) is 27.3 Å². The van der Waals surface area contributed by atoms with Gasteiger partial charge < -0.3 is 26.0 Å². The minimum Gasteiger partial charge on any atom is -0.497 e. The number of methoxy groups -OCH3 is 1. The van der Waals surface area contributed by atoms with Crippen molar-refractivity contribution in [2.24, 2.45) is 17.6 Å². The molecular weight excluding hydrogens is 468 g/mol. The van der Waals surface area contributed by atoms with Crippen LogP contribution in [0.3, 0.4) is 0 Å². The quantitative estimate of drug-likeness (QED) is 0.432. The number of hydrogen-bond acceptors (Lipinski definition) is 5. The van der Waals surface area contributed by atoms with E-state index in [0.29, 0.717) is 51.2 Å². The van der Waals surface area contributed by atoms with Crippen LogP contribution in [0.5, 0.6) is 5.75 Å². The van der Waals surface area contributed by atoms with Crippen LogP contribution in [0, 0.1) is 11.8 Å². The number of carbonyl (C=O) groups is 3. The number of rotatable bonds is 11. The van der Waals surface area contributed by atoms with Crippen LogP contribution in [0.25, 0.3) is 0 Å². The van der Waals surface area contributed by atoms with Gasteiger partial charge in [0.15, 0.2) is 0 Å². The fourth-order valence-electron chi connectivity index (χ4n) is 4.61. The standard InChI is InChI=1S/C29H40N4O4/c1-20(2)17-25(30)29(36)33-15-13-23(14-16-33)27(34)32-26(18-21-7-5-4-6-8-21)28(35)31-19-22-9-11-24(37-3)12-10-22/h4-12,20,23,25-26H,13-19,30H2,1-3H3,(H,31,35)(H,32,34). The largest absolute Gasteiger partial charge is 0.497 e. The minimum atomic E-state index is -0.702. The summed E-state index contributed by atoms with van der Waals surface area (Å²) in [6.45, 7) is 5.43. The van der Waals surface area contributed by atoms with Gasteiger partial charge in [-0.15, -0.1) is 0 Å². The highest BCUT2D eigenvalue weighted by Crippen LogP contribution is 2.20. The summed E-state index contributed by atoms with van der Waals surface area (Å²) >= 11 is 0. The number of hydrogen-bond donors (Lipinski definition) is 3. The lowest BCUT2D eigenvalue weighted by molar-refractivity contribution is -0.137. The Morgan fingerprint density at radius 3 is 2.24 bits per heavy atom. The summed E-state index contributed by atoms with van der Waals surface area (Å²) in [6, 6.07) is 15.9. The minimum absolute atomic E-state index is 0.0487. The van der Waals surface area contributed by atoms with E-state index in [1.54, 1.807) is 12.0 Å². The van der Waals surface area contributed by atoms with Gasteiger partial charge in [-0.1, -0.05) is 56.3 Å². The second-order valence-electron chi connectivity index (χ2n) is 10.2. The third kappa shape index (κ3) is 8.60. The molecule has 2 aromatic rings. The molecule has 200 valence electrons. The van der Waals surface area contributed by atoms with Crippen LogP contribution in [-0.4, -0.2) is 54.9 Å². The Hall–Kier alpha value is -3.39. The molecule has 37 heavy (non-hydrogen) atoms. The van der Waals surface area contributed by atoms with E-state index in [4.69, 9.17) is 10.5 Å². The number of nitrogens with two attached hydrogens (primary N) is 1. The zero-order valence-electron chi connectivity index (χ0n) is 22.1. The number of nitrogens with zero attached hydrogens (tertiary/aromatic N) is 1. The third-order valence-electron chi connectivity index (χ3n) is 6.76. The maximum absolute atomic E-state index is 13.2. The summed E-state index contributed by atoms with van der Waals surface area (Å²) in [7, 11) is 1.61. The summed E-state index contributed by atoms with van der Waals surface area (Å²) in [5.74, 6) is 0.406. The van der Waals surface area contributed by atoms with E-state index in [2.05, 4.69) is 10.6 Å². The summed E-state index contributed by atoms with van der Waals surface area (Å²) in [5.41, 5.74) is 7.98. The lowest BCUT2D eigenvalue weighted by Gasteiger charge is -2.33. The molecule has 2 unspecified atom stereocenters. The first-order chi connectivity index (χ1) is 17.8. The molecule has 1 aliphatic heterocycles. The summed E-state index contributed by atoms with van der Waals surface area (Å²) in [4.78, 5) is 40.7. The van der Waals surface area contributed by atoms with Gasteiger partial charge in [-0.2, -0.15) is 0 Å². The average Bonchev–Trinajstić information content (AvgIpc) is 2.91. The zero-order chi connectivity index (χ0) is 26.8. The molecule has 8 heteroatoms. The van der Waals surface area contributed by atoms with Crippen molar-refractivity contribution in [3.8, 4) is 5.75 Å². The van der Waals surface area contributed by atoms with Crippen LogP contribution in [0.15, 0.2) is 54.6 Å². The van der Waals surface area contributed by atoms with E-state index < -0.39 is 12.1 Å². The van der Waals surface area contributed by atoms with Crippen LogP contribution in [0.1, 0.15) is 44.2 Å². The van der Waals surface area contributed by atoms with Gasteiger partial charge in [0.25, 0.3) is 0 Å². The predicted molar refractivity (Wildman–Crippen MR) is 144 cm³/mol. The maximum Gasteiger partial charge on any atom is 0.243 e. The Kier molecular flexibility index (Phi) is 10.5. The molecule has 3 amide bonds. The number of amides is 3.